The van der Waals surface area contributed by atoms with E-state index in [1.54, 1.807) is 23.9 Å². The molecule has 1 aromatic rings. The van der Waals surface area contributed by atoms with Crippen LogP contribution >= 0.6 is 11.6 Å². The summed E-state index contributed by atoms with van der Waals surface area (Å²) < 4.78 is 0. The van der Waals surface area contributed by atoms with Gasteiger partial charge in [0.2, 0.25) is 5.91 Å². The molecule has 1 aromatic heterocycles. The van der Waals surface area contributed by atoms with Crippen LogP contribution in [0, 0.1) is 13.8 Å². The molecule has 0 radical (unpaired) electrons. The summed E-state index contributed by atoms with van der Waals surface area (Å²) in [6.07, 6.45) is 0. The second kappa shape index (κ2) is 5.31. The molecule has 94 valence electrons. The van der Waals surface area contributed by atoms with Crippen LogP contribution in [0.1, 0.15) is 11.1 Å². The SMILES string of the molecule is Cc1c(Cl)nnc(N(C)CC(=O)N(C)C)c1C. The third-order valence-corrected chi connectivity index (χ3v) is 3.03. The second-order valence-corrected chi connectivity index (χ2v) is 4.57. The Labute approximate surface area is 106 Å². The Balaban J connectivity index is 2.94. The molecule has 0 spiro atoms. The van der Waals surface area contributed by atoms with Gasteiger partial charge in [-0.25, -0.2) is 0 Å². The number of aromatic nitrogens is 2. The van der Waals surface area contributed by atoms with Crippen LogP contribution < -0.4 is 4.90 Å². The van der Waals surface area contributed by atoms with Crippen LogP contribution in [0.3, 0.4) is 0 Å². The highest BCUT2D eigenvalue weighted by Gasteiger charge is 2.15. The number of likely N-dealkylation sites (N-methyl/N-ethyl adjacent to an activating group) is 2. The molecule has 0 N–H and O–H groups in total. The third kappa shape index (κ3) is 3.06. The lowest BCUT2D eigenvalue weighted by Crippen LogP contribution is -2.35. The third-order valence-electron chi connectivity index (χ3n) is 2.67. The monoisotopic (exact) mass is 256 g/mol. The number of nitrogens with zero attached hydrogens (tertiary/aromatic N) is 4. The van der Waals surface area contributed by atoms with E-state index >= 15 is 0 Å². The van der Waals surface area contributed by atoms with E-state index in [0.29, 0.717) is 11.0 Å². The number of hydrogen-bond acceptors (Lipinski definition) is 4. The van der Waals surface area contributed by atoms with E-state index in [4.69, 9.17) is 11.6 Å². The average molecular weight is 257 g/mol. The zero-order chi connectivity index (χ0) is 13.2. The van der Waals surface area contributed by atoms with E-state index < -0.39 is 0 Å². The van der Waals surface area contributed by atoms with Gasteiger partial charge in [0.25, 0.3) is 0 Å². The summed E-state index contributed by atoms with van der Waals surface area (Å²) in [7, 11) is 5.26. The van der Waals surface area contributed by atoms with Crippen molar-refractivity contribution < 1.29 is 4.79 Å². The molecule has 0 atom stereocenters. The summed E-state index contributed by atoms with van der Waals surface area (Å²) in [5, 5.41) is 8.29. The maximum absolute atomic E-state index is 11.6. The fourth-order valence-electron chi connectivity index (χ4n) is 1.35. The van der Waals surface area contributed by atoms with Gasteiger partial charge in [0.05, 0.1) is 6.54 Å². The van der Waals surface area contributed by atoms with Crippen molar-refractivity contribution in [3.8, 4) is 0 Å². The minimum atomic E-state index is 0.0151. The normalized spacial score (nSPS) is 10.2. The van der Waals surface area contributed by atoms with Gasteiger partial charge < -0.3 is 9.80 Å². The number of amides is 1. The van der Waals surface area contributed by atoms with E-state index in [-0.39, 0.29) is 12.5 Å². The quantitative estimate of drug-likeness (QED) is 0.817. The van der Waals surface area contributed by atoms with Crippen LogP contribution in [0.25, 0.3) is 0 Å². The van der Waals surface area contributed by atoms with Crippen molar-refractivity contribution in [1.29, 1.82) is 0 Å². The molecular weight excluding hydrogens is 240 g/mol. The Morgan fingerprint density at radius 3 is 2.29 bits per heavy atom. The van der Waals surface area contributed by atoms with Gasteiger partial charge in [-0.2, -0.15) is 0 Å². The maximum atomic E-state index is 11.6. The van der Waals surface area contributed by atoms with Crippen molar-refractivity contribution in [3.05, 3.63) is 16.3 Å². The zero-order valence-corrected chi connectivity index (χ0v) is 11.5. The molecule has 0 aliphatic carbocycles. The van der Waals surface area contributed by atoms with E-state index in [9.17, 15) is 4.79 Å². The molecule has 0 bridgehead atoms. The molecule has 0 unspecified atom stereocenters. The summed E-state index contributed by atoms with van der Waals surface area (Å²) in [4.78, 5) is 14.9. The Hall–Kier alpha value is -1.36. The van der Waals surface area contributed by atoms with Crippen LogP contribution in [0.15, 0.2) is 0 Å². The first-order valence-corrected chi connectivity index (χ1v) is 5.63. The minimum Gasteiger partial charge on any atom is -0.349 e. The molecule has 1 rings (SSSR count). The molecule has 0 saturated heterocycles. The first-order valence-electron chi connectivity index (χ1n) is 5.25. The molecule has 0 fully saturated rings. The average Bonchev–Trinajstić information content (AvgIpc) is 2.25. The van der Waals surface area contributed by atoms with Crippen LogP contribution in [-0.4, -0.2) is 48.7 Å². The summed E-state index contributed by atoms with van der Waals surface area (Å²) in [5.74, 6) is 0.698. The van der Waals surface area contributed by atoms with Crippen LogP contribution in [0.2, 0.25) is 5.15 Å². The smallest absolute Gasteiger partial charge is 0.241 e. The van der Waals surface area contributed by atoms with Crippen LogP contribution in [-0.2, 0) is 4.79 Å². The summed E-state index contributed by atoms with van der Waals surface area (Å²) >= 11 is 5.88. The molecule has 1 heterocycles. The standard InChI is InChI=1S/C11H17ClN4O/c1-7-8(2)11(14-13-10(7)12)16(5)6-9(17)15(3)4/h6H2,1-5H3. The van der Waals surface area contributed by atoms with Crippen molar-refractivity contribution >= 4 is 23.3 Å². The second-order valence-electron chi connectivity index (χ2n) is 4.21. The summed E-state index contributed by atoms with van der Waals surface area (Å²) in [6.45, 7) is 4.07. The molecule has 1 amide bonds. The van der Waals surface area contributed by atoms with E-state index in [1.165, 1.54) is 0 Å². The zero-order valence-electron chi connectivity index (χ0n) is 10.8. The number of hydrogen-bond donors (Lipinski definition) is 0. The number of halogens is 1. The van der Waals surface area contributed by atoms with Gasteiger partial charge in [-0.3, -0.25) is 4.79 Å². The summed E-state index contributed by atoms with van der Waals surface area (Å²) in [6, 6.07) is 0. The lowest BCUT2D eigenvalue weighted by molar-refractivity contribution is -0.127. The van der Waals surface area contributed by atoms with Crippen LogP contribution in [0.5, 0.6) is 0 Å². The molecule has 0 aromatic carbocycles. The number of anilines is 1. The molecule has 5 nitrogen and oxygen atoms in total. The fourth-order valence-corrected chi connectivity index (χ4v) is 1.53. The predicted octanol–water partition coefficient (Wildman–Crippen LogP) is 1.27. The number of carbonyl (C=O) groups excluding carboxylic acids is 1. The number of rotatable bonds is 3. The maximum Gasteiger partial charge on any atom is 0.241 e. The summed E-state index contributed by atoms with van der Waals surface area (Å²) in [5.41, 5.74) is 1.83. The predicted molar refractivity (Wildman–Crippen MR) is 68.5 cm³/mol. The Morgan fingerprint density at radius 2 is 1.76 bits per heavy atom. The highest BCUT2D eigenvalue weighted by atomic mass is 35.5. The van der Waals surface area contributed by atoms with Crippen molar-refractivity contribution in [1.82, 2.24) is 15.1 Å². The first-order chi connectivity index (χ1) is 7.84. The van der Waals surface area contributed by atoms with Crippen LogP contribution in [0.4, 0.5) is 5.82 Å². The van der Waals surface area contributed by atoms with Crippen molar-refractivity contribution in [2.75, 3.05) is 32.6 Å². The molecule has 6 heteroatoms. The molecule has 0 aliphatic rings. The van der Waals surface area contributed by atoms with E-state index in [2.05, 4.69) is 10.2 Å². The van der Waals surface area contributed by atoms with Gasteiger partial charge >= 0.3 is 0 Å². The Kier molecular flexibility index (Phi) is 4.28. The molecular formula is C11H17ClN4O. The molecule has 17 heavy (non-hydrogen) atoms. The topological polar surface area (TPSA) is 49.3 Å². The van der Waals surface area contributed by atoms with E-state index in [0.717, 1.165) is 11.1 Å². The fraction of sp³-hybridized carbons (Fsp3) is 0.545. The van der Waals surface area contributed by atoms with E-state index in [1.807, 2.05) is 20.9 Å². The van der Waals surface area contributed by atoms with Gasteiger partial charge in [-0.15, -0.1) is 10.2 Å². The van der Waals surface area contributed by atoms with Crippen molar-refractivity contribution in [2.24, 2.45) is 0 Å². The minimum absolute atomic E-state index is 0.0151. The molecule has 0 saturated carbocycles. The Morgan fingerprint density at radius 1 is 1.18 bits per heavy atom. The van der Waals surface area contributed by atoms with Gasteiger partial charge in [-0.05, 0) is 25.0 Å². The lowest BCUT2D eigenvalue weighted by atomic mass is 10.2. The largest absolute Gasteiger partial charge is 0.349 e. The van der Waals surface area contributed by atoms with Gasteiger partial charge in [-0.1, -0.05) is 11.6 Å². The highest BCUT2D eigenvalue weighted by molar-refractivity contribution is 6.30. The first kappa shape index (κ1) is 13.7. The number of carbonyl (C=O) groups is 1. The molecule has 0 aliphatic heterocycles. The van der Waals surface area contributed by atoms with Gasteiger partial charge in [0.15, 0.2) is 11.0 Å². The van der Waals surface area contributed by atoms with Gasteiger partial charge in [0.1, 0.15) is 0 Å². The van der Waals surface area contributed by atoms with Crippen molar-refractivity contribution in [2.45, 2.75) is 13.8 Å². The highest BCUT2D eigenvalue weighted by Crippen LogP contribution is 2.22. The van der Waals surface area contributed by atoms with Gasteiger partial charge in [0, 0.05) is 21.1 Å². The van der Waals surface area contributed by atoms with Crippen molar-refractivity contribution in [3.63, 3.8) is 0 Å². The lowest BCUT2D eigenvalue weighted by Gasteiger charge is -2.21. The Bertz CT molecular complexity index is 434.